The van der Waals surface area contributed by atoms with E-state index in [2.05, 4.69) is 0 Å². The number of rotatable bonds is 2. The maximum atomic E-state index is 13.4. The number of hydrogen-bond acceptors (Lipinski definition) is 2. The minimum absolute atomic E-state index is 0.0565. The molecule has 2 rings (SSSR count). The minimum Gasteiger partial charge on any atom is -0.504 e. The van der Waals surface area contributed by atoms with E-state index >= 15 is 0 Å². The molecule has 0 aliphatic carbocycles. The summed E-state index contributed by atoms with van der Waals surface area (Å²) in [5.41, 5.74) is -1.20. The summed E-state index contributed by atoms with van der Waals surface area (Å²) in [5, 5.41) is 18.7. The predicted molar refractivity (Wildman–Crippen MR) is 64.9 cm³/mol. The van der Waals surface area contributed by atoms with Crippen LogP contribution in [0.4, 0.5) is 22.0 Å². The van der Waals surface area contributed by atoms with Gasteiger partial charge in [0.1, 0.15) is 0 Å². The highest BCUT2D eigenvalue weighted by Gasteiger charge is 2.24. The average molecular weight is 302 g/mol. The monoisotopic (exact) mass is 302 g/mol. The number of phenols is 2. The van der Waals surface area contributed by atoms with Crippen molar-refractivity contribution < 1.29 is 32.2 Å². The number of hydrogen-bond donors (Lipinski definition) is 2. The summed E-state index contributed by atoms with van der Waals surface area (Å²) in [6.07, 6.45) is 1.53. The molecule has 0 fully saturated rings. The Morgan fingerprint density at radius 2 is 1.24 bits per heavy atom. The van der Waals surface area contributed by atoms with Crippen molar-refractivity contribution in [3.05, 3.63) is 58.4 Å². The largest absolute Gasteiger partial charge is 0.504 e. The summed E-state index contributed by atoms with van der Waals surface area (Å²) >= 11 is 0. The van der Waals surface area contributed by atoms with Gasteiger partial charge in [0.05, 0.1) is 5.56 Å². The second-order valence-electron chi connectivity index (χ2n) is 4.03. The number of phenolic OH excluding ortho intramolecular Hbond substituents is 2. The van der Waals surface area contributed by atoms with Gasteiger partial charge in [-0.15, -0.1) is 0 Å². The Morgan fingerprint density at radius 1 is 0.714 bits per heavy atom. The van der Waals surface area contributed by atoms with E-state index in [0.717, 1.165) is 12.1 Å². The minimum atomic E-state index is -2.25. The third-order valence-electron chi connectivity index (χ3n) is 2.72. The molecule has 21 heavy (non-hydrogen) atoms. The van der Waals surface area contributed by atoms with Crippen LogP contribution in [0.5, 0.6) is 11.5 Å². The number of aromatic hydroxyl groups is 2. The third-order valence-corrected chi connectivity index (χ3v) is 2.72. The predicted octanol–water partition coefficient (Wildman–Crippen LogP) is 3.96. The van der Waals surface area contributed by atoms with E-state index in [9.17, 15) is 32.2 Å². The van der Waals surface area contributed by atoms with E-state index in [0.29, 0.717) is 6.08 Å². The smallest absolute Gasteiger partial charge is 0.200 e. The van der Waals surface area contributed by atoms with Crippen molar-refractivity contribution >= 4 is 12.2 Å². The summed E-state index contributed by atoms with van der Waals surface area (Å²) in [7, 11) is 0. The van der Waals surface area contributed by atoms with Gasteiger partial charge in [0.15, 0.2) is 34.8 Å². The topological polar surface area (TPSA) is 40.5 Å². The maximum absolute atomic E-state index is 13.4. The first-order valence-corrected chi connectivity index (χ1v) is 5.55. The quantitative estimate of drug-likeness (QED) is 0.290. The molecule has 2 N–H and O–H groups in total. The standard InChI is InChI=1S/C14H7F5O2/c15-9-7(10(16)12(18)13(19)11(9)17)5-4-6-2-1-3-8(20)14(6)21/h1-5,20-21H/b5-4+. The molecule has 0 atom stereocenters. The van der Waals surface area contributed by atoms with E-state index in [-0.39, 0.29) is 5.56 Å². The Hall–Kier alpha value is -2.57. The van der Waals surface area contributed by atoms with Crippen molar-refractivity contribution in [1.29, 1.82) is 0 Å². The fourth-order valence-electron chi connectivity index (χ4n) is 1.62. The van der Waals surface area contributed by atoms with Gasteiger partial charge in [0.2, 0.25) is 5.82 Å². The van der Waals surface area contributed by atoms with E-state index in [1.807, 2.05) is 0 Å². The van der Waals surface area contributed by atoms with Gasteiger partial charge in [-0.1, -0.05) is 18.2 Å². The van der Waals surface area contributed by atoms with Gasteiger partial charge in [-0.05, 0) is 12.1 Å². The van der Waals surface area contributed by atoms with Crippen molar-refractivity contribution in [2.24, 2.45) is 0 Å². The molecular weight excluding hydrogens is 295 g/mol. The molecule has 0 spiro atoms. The molecule has 0 aliphatic heterocycles. The number of para-hydroxylation sites is 1. The average Bonchev–Trinajstić information content (AvgIpc) is 2.47. The Labute approximate surface area is 115 Å². The molecule has 0 aromatic heterocycles. The van der Waals surface area contributed by atoms with Crippen LogP contribution in [0.2, 0.25) is 0 Å². The molecule has 110 valence electrons. The molecule has 2 aromatic carbocycles. The summed E-state index contributed by atoms with van der Waals surface area (Å²) in [5.74, 6) is -11.4. The maximum Gasteiger partial charge on any atom is 0.200 e. The van der Waals surface area contributed by atoms with Crippen LogP contribution in [-0.4, -0.2) is 10.2 Å². The van der Waals surface area contributed by atoms with Crippen LogP contribution in [0.3, 0.4) is 0 Å². The summed E-state index contributed by atoms with van der Waals surface area (Å²) in [4.78, 5) is 0. The molecule has 0 radical (unpaired) electrons. The van der Waals surface area contributed by atoms with Gasteiger partial charge in [0, 0.05) is 5.56 Å². The van der Waals surface area contributed by atoms with Crippen LogP contribution in [0.1, 0.15) is 11.1 Å². The lowest BCUT2D eigenvalue weighted by Gasteiger charge is -2.05. The highest BCUT2D eigenvalue weighted by Crippen LogP contribution is 2.30. The zero-order valence-electron chi connectivity index (χ0n) is 10.2. The summed E-state index contributed by atoms with van der Waals surface area (Å²) in [6, 6.07) is 3.76. The van der Waals surface area contributed by atoms with Gasteiger partial charge >= 0.3 is 0 Å². The molecule has 2 nitrogen and oxygen atoms in total. The van der Waals surface area contributed by atoms with Crippen LogP contribution in [0, 0.1) is 29.1 Å². The molecule has 2 aromatic rings. The zero-order valence-corrected chi connectivity index (χ0v) is 10.2. The molecule has 0 unspecified atom stereocenters. The Morgan fingerprint density at radius 3 is 1.81 bits per heavy atom. The lowest BCUT2D eigenvalue weighted by molar-refractivity contribution is 0.377. The van der Waals surface area contributed by atoms with Gasteiger partial charge in [-0.2, -0.15) is 0 Å². The molecule has 0 saturated carbocycles. The Bertz CT molecular complexity index is 712. The molecule has 7 heteroatoms. The van der Waals surface area contributed by atoms with Crippen molar-refractivity contribution in [1.82, 2.24) is 0 Å². The fourth-order valence-corrected chi connectivity index (χ4v) is 1.62. The molecule has 0 saturated heterocycles. The number of benzene rings is 2. The lowest BCUT2D eigenvalue weighted by Crippen LogP contribution is -2.03. The van der Waals surface area contributed by atoms with E-state index in [4.69, 9.17) is 0 Å². The van der Waals surface area contributed by atoms with Crippen LogP contribution in [0.15, 0.2) is 18.2 Å². The summed E-state index contributed by atoms with van der Waals surface area (Å²) in [6.45, 7) is 0. The van der Waals surface area contributed by atoms with Crippen molar-refractivity contribution in [3.63, 3.8) is 0 Å². The van der Waals surface area contributed by atoms with Gasteiger partial charge < -0.3 is 10.2 Å². The highest BCUT2D eigenvalue weighted by molar-refractivity contribution is 5.74. The molecule has 0 heterocycles. The van der Waals surface area contributed by atoms with Crippen LogP contribution in [0.25, 0.3) is 12.2 Å². The van der Waals surface area contributed by atoms with Crippen LogP contribution >= 0.6 is 0 Å². The van der Waals surface area contributed by atoms with E-state index in [1.165, 1.54) is 12.1 Å². The van der Waals surface area contributed by atoms with Crippen molar-refractivity contribution in [2.45, 2.75) is 0 Å². The normalized spacial score (nSPS) is 11.3. The van der Waals surface area contributed by atoms with E-state index in [1.54, 1.807) is 0 Å². The van der Waals surface area contributed by atoms with Gasteiger partial charge in [0.25, 0.3) is 0 Å². The SMILES string of the molecule is Oc1cccc(/C=C/c2c(F)c(F)c(F)c(F)c2F)c1O. The van der Waals surface area contributed by atoms with Crippen LogP contribution in [-0.2, 0) is 0 Å². The van der Waals surface area contributed by atoms with E-state index < -0.39 is 46.1 Å². The van der Waals surface area contributed by atoms with Gasteiger partial charge in [-0.3, -0.25) is 0 Å². The van der Waals surface area contributed by atoms with Gasteiger partial charge in [-0.25, -0.2) is 22.0 Å². The summed E-state index contributed by atoms with van der Waals surface area (Å²) < 4.78 is 65.6. The molecule has 0 amide bonds. The highest BCUT2D eigenvalue weighted by atomic mass is 19.2. The second-order valence-corrected chi connectivity index (χ2v) is 4.03. The van der Waals surface area contributed by atoms with Crippen LogP contribution < -0.4 is 0 Å². The van der Waals surface area contributed by atoms with Crippen molar-refractivity contribution in [3.8, 4) is 11.5 Å². The zero-order chi connectivity index (χ0) is 15.7. The van der Waals surface area contributed by atoms with Crippen molar-refractivity contribution in [2.75, 3.05) is 0 Å². The fraction of sp³-hybridized carbons (Fsp3) is 0. The first kappa shape index (κ1) is 14.8. The Balaban J connectivity index is 2.54. The molecule has 0 aliphatic rings. The first-order valence-electron chi connectivity index (χ1n) is 5.55. The third kappa shape index (κ3) is 2.54. The molecule has 0 bridgehead atoms. The Kier molecular flexibility index (Phi) is 3.84. The lowest BCUT2D eigenvalue weighted by atomic mass is 10.1. The first-order chi connectivity index (χ1) is 9.84. The second kappa shape index (κ2) is 5.43. The number of halogens is 5. The molecular formula is C14H7F5O2.